The lowest BCUT2D eigenvalue weighted by Gasteiger charge is -2.26. The van der Waals surface area contributed by atoms with Crippen molar-refractivity contribution in [3.8, 4) is 5.69 Å². The summed E-state index contributed by atoms with van der Waals surface area (Å²) in [4.78, 5) is 14.0. The van der Waals surface area contributed by atoms with Crippen LogP contribution in [0.15, 0.2) is 24.4 Å². The number of benzene rings is 1. The second kappa shape index (κ2) is 7.49. The Labute approximate surface area is 143 Å². The Morgan fingerprint density at radius 3 is 2.67 bits per heavy atom. The molecule has 1 heterocycles. The number of aromatic nitrogens is 2. The zero-order valence-corrected chi connectivity index (χ0v) is 15.0. The second-order valence-corrected chi connectivity index (χ2v) is 6.29. The van der Waals surface area contributed by atoms with Gasteiger partial charge in [-0.25, -0.2) is 9.48 Å². The Morgan fingerprint density at radius 2 is 2.04 bits per heavy atom. The van der Waals surface area contributed by atoms with Crippen LogP contribution in [-0.2, 0) is 0 Å². The van der Waals surface area contributed by atoms with Gasteiger partial charge < -0.3 is 15.3 Å². The van der Waals surface area contributed by atoms with Crippen LogP contribution in [0.1, 0.15) is 30.7 Å². The monoisotopic (exact) mass is 330 g/mol. The molecule has 0 aliphatic heterocycles. The van der Waals surface area contributed by atoms with Gasteiger partial charge in [-0.1, -0.05) is 12.1 Å². The molecule has 6 nitrogen and oxygen atoms in total. The average molecular weight is 330 g/mol. The standard InChI is InChI=1S/C18H26N4O2/c1-12(2)21(8-9-23)18(24)20-16-11-19-22(15(16)5)17-10-13(3)6-7-14(17)4/h6-7,10-12,23H,8-9H2,1-5H3,(H,20,24). The van der Waals surface area contributed by atoms with E-state index in [2.05, 4.69) is 28.6 Å². The fourth-order valence-corrected chi connectivity index (χ4v) is 2.61. The summed E-state index contributed by atoms with van der Waals surface area (Å²) < 4.78 is 1.84. The molecule has 0 bridgehead atoms. The molecule has 0 unspecified atom stereocenters. The van der Waals surface area contributed by atoms with Gasteiger partial charge in [-0.2, -0.15) is 5.10 Å². The number of rotatable bonds is 5. The van der Waals surface area contributed by atoms with Crippen LogP contribution >= 0.6 is 0 Å². The van der Waals surface area contributed by atoms with Gasteiger partial charge in [-0.15, -0.1) is 0 Å². The summed E-state index contributed by atoms with van der Waals surface area (Å²) in [5.74, 6) is 0. The molecule has 2 N–H and O–H groups in total. The molecule has 0 aliphatic rings. The van der Waals surface area contributed by atoms with Crippen LogP contribution in [0.4, 0.5) is 10.5 Å². The average Bonchev–Trinajstić information content (AvgIpc) is 2.87. The third-order valence-corrected chi connectivity index (χ3v) is 4.07. The van der Waals surface area contributed by atoms with E-state index in [0.717, 1.165) is 22.5 Å². The molecule has 0 saturated carbocycles. The normalized spacial score (nSPS) is 11.0. The van der Waals surface area contributed by atoms with Gasteiger partial charge in [0.05, 0.1) is 29.9 Å². The van der Waals surface area contributed by atoms with Crippen molar-refractivity contribution in [1.82, 2.24) is 14.7 Å². The number of amides is 2. The highest BCUT2D eigenvalue weighted by atomic mass is 16.3. The molecule has 2 aromatic rings. The molecule has 130 valence electrons. The molecule has 24 heavy (non-hydrogen) atoms. The van der Waals surface area contributed by atoms with E-state index >= 15 is 0 Å². The van der Waals surface area contributed by atoms with Gasteiger partial charge in [0, 0.05) is 12.6 Å². The predicted molar refractivity (Wildman–Crippen MR) is 95.7 cm³/mol. The van der Waals surface area contributed by atoms with E-state index in [0.29, 0.717) is 12.2 Å². The van der Waals surface area contributed by atoms with Crippen molar-refractivity contribution in [2.45, 2.75) is 40.7 Å². The van der Waals surface area contributed by atoms with Gasteiger partial charge in [-0.3, -0.25) is 0 Å². The molecule has 2 rings (SSSR count). The predicted octanol–water partition coefficient (Wildman–Crippen LogP) is 3.03. The zero-order valence-electron chi connectivity index (χ0n) is 15.0. The lowest BCUT2D eigenvalue weighted by Crippen LogP contribution is -2.41. The topological polar surface area (TPSA) is 70.4 Å². The van der Waals surface area contributed by atoms with Crippen LogP contribution in [0.25, 0.3) is 5.69 Å². The van der Waals surface area contributed by atoms with Crippen molar-refractivity contribution in [2.75, 3.05) is 18.5 Å². The van der Waals surface area contributed by atoms with Crippen molar-refractivity contribution >= 4 is 11.7 Å². The van der Waals surface area contributed by atoms with Crippen LogP contribution in [0, 0.1) is 20.8 Å². The summed E-state index contributed by atoms with van der Waals surface area (Å²) in [6.07, 6.45) is 1.66. The number of carbonyl (C=O) groups is 1. The number of aliphatic hydroxyl groups is 1. The number of nitrogens with zero attached hydrogens (tertiary/aromatic N) is 3. The summed E-state index contributed by atoms with van der Waals surface area (Å²) in [6.45, 7) is 10.1. The van der Waals surface area contributed by atoms with Crippen molar-refractivity contribution in [3.05, 3.63) is 41.2 Å². The van der Waals surface area contributed by atoms with Gasteiger partial charge in [0.1, 0.15) is 0 Å². The van der Waals surface area contributed by atoms with Gasteiger partial charge in [0.15, 0.2) is 0 Å². The summed E-state index contributed by atoms with van der Waals surface area (Å²) in [5, 5.41) is 16.4. The van der Waals surface area contributed by atoms with Crippen LogP contribution in [0.2, 0.25) is 0 Å². The first kappa shape index (κ1) is 18.0. The van der Waals surface area contributed by atoms with Crippen molar-refractivity contribution < 1.29 is 9.90 Å². The number of aryl methyl sites for hydroxylation is 2. The molecule has 0 radical (unpaired) electrons. The van der Waals surface area contributed by atoms with E-state index < -0.39 is 0 Å². The van der Waals surface area contributed by atoms with Crippen LogP contribution in [0.3, 0.4) is 0 Å². The molecular weight excluding hydrogens is 304 g/mol. The fraction of sp³-hybridized carbons (Fsp3) is 0.444. The third kappa shape index (κ3) is 3.76. The van der Waals surface area contributed by atoms with Crippen molar-refractivity contribution in [3.63, 3.8) is 0 Å². The summed E-state index contributed by atoms with van der Waals surface area (Å²) in [7, 11) is 0. The summed E-state index contributed by atoms with van der Waals surface area (Å²) >= 11 is 0. The van der Waals surface area contributed by atoms with Crippen molar-refractivity contribution in [1.29, 1.82) is 0 Å². The number of hydrogen-bond donors (Lipinski definition) is 2. The highest BCUT2D eigenvalue weighted by Crippen LogP contribution is 2.22. The van der Waals surface area contributed by atoms with Gasteiger partial charge in [0.25, 0.3) is 0 Å². The smallest absolute Gasteiger partial charge is 0.322 e. The van der Waals surface area contributed by atoms with Gasteiger partial charge in [-0.05, 0) is 51.8 Å². The van der Waals surface area contributed by atoms with Crippen molar-refractivity contribution in [2.24, 2.45) is 0 Å². The van der Waals surface area contributed by atoms with E-state index in [1.807, 2.05) is 39.3 Å². The Hall–Kier alpha value is -2.34. The molecule has 1 aromatic carbocycles. The molecule has 0 spiro atoms. The Kier molecular flexibility index (Phi) is 5.62. The van der Waals surface area contributed by atoms with E-state index in [-0.39, 0.29) is 18.7 Å². The number of carbonyl (C=O) groups excluding carboxylic acids is 1. The fourth-order valence-electron chi connectivity index (χ4n) is 2.61. The molecule has 2 amide bonds. The molecular formula is C18H26N4O2. The molecule has 6 heteroatoms. The molecule has 1 aromatic heterocycles. The highest BCUT2D eigenvalue weighted by molar-refractivity contribution is 5.90. The van der Waals surface area contributed by atoms with Crippen LogP contribution < -0.4 is 5.32 Å². The van der Waals surface area contributed by atoms with Crippen LogP contribution in [0.5, 0.6) is 0 Å². The Morgan fingerprint density at radius 1 is 1.33 bits per heavy atom. The van der Waals surface area contributed by atoms with Gasteiger partial charge in [0.2, 0.25) is 0 Å². The van der Waals surface area contributed by atoms with Gasteiger partial charge >= 0.3 is 6.03 Å². The number of anilines is 1. The Balaban J connectivity index is 2.27. The van der Waals surface area contributed by atoms with E-state index in [1.165, 1.54) is 0 Å². The summed E-state index contributed by atoms with van der Waals surface area (Å²) in [6, 6.07) is 5.98. The molecule has 0 atom stereocenters. The van der Waals surface area contributed by atoms with E-state index in [9.17, 15) is 4.79 Å². The minimum Gasteiger partial charge on any atom is -0.395 e. The highest BCUT2D eigenvalue weighted by Gasteiger charge is 2.19. The number of nitrogens with one attached hydrogen (secondary N) is 1. The maximum atomic E-state index is 12.4. The maximum absolute atomic E-state index is 12.4. The summed E-state index contributed by atoms with van der Waals surface area (Å²) in [5.41, 5.74) is 4.82. The minimum absolute atomic E-state index is 0.00604. The number of aliphatic hydroxyl groups excluding tert-OH is 1. The minimum atomic E-state index is -0.234. The first-order valence-electron chi connectivity index (χ1n) is 8.16. The molecule has 0 saturated heterocycles. The maximum Gasteiger partial charge on any atom is 0.322 e. The third-order valence-electron chi connectivity index (χ3n) is 4.07. The first-order chi connectivity index (χ1) is 11.3. The first-order valence-corrected chi connectivity index (χ1v) is 8.16. The molecule has 0 fully saturated rings. The van der Waals surface area contributed by atoms with E-state index in [4.69, 9.17) is 5.11 Å². The SMILES string of the molecule is Cc1ccc(C)c(-n2ncc(NC(=O)N(CCO)C(C)C)c2C)c1. The largest absolute Gasteiger partial charge is 0.395 e. The lowest BCUT2D eigenvalue weighted by atomic mass is 10.1. The number of hydrogen-bond acceptors (Lipinski definition) is 3. The lowest BCUT2D eigenvalue weighted by molar-refractivity contribution is 0.172. The number of urea groups is 1. The Bertz CT molecular complexity index is 722. The van der Waals surface area contributed by atoms with E-state index in [1.54, 1.807) is 11.1 Å². The quantitative estimate of drug-likeness (QED) is 0.885. The molecule has 0 aliphatic carbocycles. The zero-order chi connectivity index (χ0) is 17.9. The second-order valence-electron chi connectivity index (χ2n) is 6.29. The van der Waals surface area contributed by atoms with Crippen LogP contribution in [-0.4, -0.2) is 45.0 Å².